The summed E-state index contributed by atoms with van der Waals surface area (Å²) in [6, 6.07) is 9.85. The van der Waals surface area contributed by atoms with Crippen LogP contribution >= 0.6 is 0 Å². The summed E-state index contributed by atoms with van der Waals surface area (Å²) >= 11 is 0. The molecule has 0 amide bonds. The fraction of sp³-hybridized carbons (Fsp3) is 0.238. The van der Waals surface area contributed by atoms with Crippen LogP contribution in [0.2, 0.25) is 0 Å². The van der Waals surface area contributed by atoms with Crippen LogP contribution in [0.15, 0.2) is 58.3 Å². The molecule has 1 aliphatic rings. The number of aryl methyl sites for hydroxylation is 1. The van der Waals surface area contributed by atoms with Crippen LogP contribution in [0, 0.1) is 0 Å². The second-order valence-corrected chi connectivity index (χ2v) is 7.44. The lowest BCUT2D eigenvalue weighted by atomic mass is 9.87. The average Bonchev–Trinajstić information content (AvgIpc) is 3.45. The van der Waals surface area contributed by atoms with E-state index in [1.807, 2.05) is 34.9 Å². The minimum atomic E-state index is -0.169. The third kappa shape index (κ3) is 2.52. The minimum absolute atomic E-state index is 0. The van der Waals surface area contributed by atoms with E-state index in [1.54, 1.807) is 23.4 Å². The van der Waals surface area contributed by atoms with Crippen molar-refractivity contribution in [3.8, 4) is 5.95 Å². The summed E-state index contributed by atoms with van der Waals surface area (Å²) in [5, 5.41) is 0. The summed E-state index contributed by atoms with van der Waals surface area (Å²) in [7, 11) is 0. The molecule has 29 heavy (non-hydrogen) atoms. The van der Waals surface area contributed by atoms with Crippen molar-refractivity contribution in [1.82, 2.24) is 29.1 Å². The Hall–Kier alpha value is -3.68. The fourth-order valence-electron chi connectivity index (χ4n) is 4.33. The predicted octanol–water partition coefficient (Wildman–Crippen LogP) is 3.42. The molecule has 1 N–H and O–H groups in total. The Bertz CT molecular complexity index is 1410. The molecule has 0 aliphatic heterocycles. The predicted molar refractivity (Wildman–Crippen MR) is 109 cm³/mol. The lowest BCUT2D eigenvalue weighted by molar-refractivity contribution is 0.424. The molecular formula is C21H20N6O2. The van der Waals surface area contributed by atoms with Crippen molar-refractivity contribution in [2.75, 3.05) is 0 Å². The Morgan fingerprint density at radius 1 is 1.24 bits per heavy atom. The van der Waals surface area contributed by atoms with Crippen molar-refractivity contribution >= 4 is 22.2 Å². The number of aromatic nitrogens is 6. The average molecular weight is 388 g/mol. The fourth-order valence-corrected chi connectivity index (χ4v) is 4.33. The molecule has 8 nitrogen and oxygen atoms in total. The zero-order valence-electron chi connectivity index (χ0n) is 15.6. The number of furan rings is 1. The number of nitrogens with zero attached hydrogens (tertiary/aromatic N) is 5. The van der Waals surface area contributed by atoms with Gasteiger partial charge >= 0.3 is 5.69 Å². The molecule has 1 aliphatic carbocycles. The second-order valence-electron chi connectivity index (χ2n) is 7.44. The van der Waals surface area contributed by atoms with Crippen molar-refractivity contribution in [2.45, 2.75) is 31.7 Å². The third-order valence-electron chi connectivity index (χ3n) is 5.75. The molecule has 8 heteroatoms. The Balaban J connectivity index is 0.00000193. The number of imidazole rings is 2. The van der Waals surface area contributed by atoms with Gasteiger partial charge in [-0.05, 0) is 36.6 Å². The first kappa shape index (κ1) is 16.3. The van der Waals surface area contributed by atoms with Gasteiger partial charge in [-0.3, -0.25) is 9.13 Å². The standard InChI is InChI=1S/C21H18N6O2.H2/c28-21-24-16-10-22-20(27-12-23-15-5-1-2-6-17(15)27)25-19(16)26(21)11-13-4-3-7-18-14(13)8-9-29-18;/h1-2,5-6,8-10,12-13H,3-4,7,11H2,(H,24,28);1H. The Labute approximate surface area is 166 Å². The van der Waals surface area contributed by atoms with E-state index < -0.39 is 0 Å². The zero-order valence-corrected chi connectivity index (χ0v) is 15.6. The first-order valence-corrected chi connectivity index (χ1v) is 9.72. The molecule has 146 valence electrons. The number of fused-ring (bicyclic) bond motifs is 3. The first-order valence-electron chi connectivity index (χ1n) is 9.72. The number of aromatic amines is 1. The highest BCUT2D eigenvalue weighted by Crippen LogP contribution is 2.33. The van der Waals surface area contributed by atoms with Gasteiger partial charge in [0.1, 0.15) is 17.6 Å². The maximum Gasteiger partial charge on any atom is 0.327 e. The van der Waals surface area contributed by atoms with E-state index in [-0.39, 0.29) is 13.0 Å². The largest absolute Gasteiger partial charge is 0.469 e. The topological polar surface area (TPSA) is 94.5 Å². The normalized spacial score (nSPS) is 16.5. The smallest absolute Gasteiger partial charge is 0.327 e. The zero-order chi connectivity index (χ0) is 19.4. The van der Waals surface area contributed by atoms with Crippen LogP contribution < -0.4 is 5.69 Å². The molecule has 0 spiro atoms. The maximum atomic E-state index is 12.7. The monoisotopic (exact) mass is 388 g/mol. The first-order chi connectivity index (χ1) is 14.3. The van der Waals surface area contributed by atoms with Crippen molar-refractivity contribution in [3.63, 3.8) is 0 Å². The highest BCUT2D eigenvalue weighted by molar-refractivity contribution is 5.77. The van der Waals surface area contributed by atoms with E-state index in [0.29, 0.717) is 23.7 Å². The maximum absolute atomic E-state index is 12.7. The molecule has 0 radical (unpaired) electrons. The molecule has 0 saturated carbocycles. The summed E-state index contributed by atoms with van der Waals surface area (Å²) in [5.41, 5.74) is 4.06. The van der Waals surface area contributed by atoms with Crippen LogP contribution in [0.25, 0.3) is 28.1 Å². The van der Waals surface area contributed by atoms with Gasteiger partial charge in [-0.15, -0.1) is 0 Å². The molecule has 0 bridgehead atoms. The number of nitrogens with one attached hydrogen (secondary N) is 1. The molecule has 6 rings (SSSR count). The summed E-state index contributed by atoms with van der Waals surface area (Å²) in [6.45, 7) is 0.562. The molecule has 1 atom stereocenters. The van der Waals surface area contributed by atoms with Crippen molar-refractivity contribution in [1.29, 1.82) is 0 Å². The van der Waals surface area contributed by atoms with Crippen LogP contribution in [-0.4, -0.2) is 29.1 Å². The molecule has 4 heterocycles. The second kappa shape index (κ2) is 6.16. The van der Waals surface area contributed by atoms with Gasteiger partial charge in [0.15, 0.2) is 5.65 Å². The number of H-pyrrole nitrogens is 1. The molecular weight excluding hydrogens is 368 g/mol. The van der Waals surface area contributed by atoms with Crippen molar-refractivity contribution in [2.24, 2.45) is 0 Å². The quantitative estimate of drug-likeness (QED) is 0.511. The van der Waals surface area contributed by atoms with E-state index in [4.69, 9.17) is 9.40 Å². The van der Waals surface area contributed by atoms with Gasteiger partial charge in [0.25, 0.3) is 0 Å². The number of hydrogen-bond donors (Lipinski definition) is 1. The highest BCUT2D eigenvalue weighted by Gasteiger charge is 2.25. The Morgan fingerprint density at radius 3 is 3.14 bits per heavy atom. The molecule has 4 aromatic heterocycles. The SMILES string of the molecule is O=c1[nH]c2cnc(-n3cnc4ccccc43)nc2n1CC1CCCc2occc21.[HH]. The summed E-state index contributed by atoms with van der Waals surface area (Å²) < 4.78 is 9.15. The summed E-state index contributed by atoms with van der Waals surface area (Å²) in [4.78, 5) is 29.1. The molecule has 1 unspecified atom stereocenters. The summed E-state index contributed by atoms with van der Waals surface area (Å²) in [5.74, 6) is 1.77. The van der Waals surface area contributed by atoms with Crippen LogP contribution in [0.5, 0.6) is 0 Å². The minimum Gasteiger partial charge on any atom is -0.469 e. The van der Waals surface area contributed by atoms with Gasteiger partial charge in [0.2, 0.25) is 5.95 Å². The lowest BCUT2D eigenvalue weighted by Gasteiger charge is -2.21. The van der Waals surface area contributed by atoms with Crippen LogP contribution in [0.3, 0.4) is 0 Å². The van der Waals surface area contributed by atoms with E-state index >= 15 is 0 Å². The third-order valence-corrected chi connectivity index (χ3v) is 5.75. The van der Waals surface area contributed by atoms with E-state index in [1.165, 1.54) is 5.56 Å². The Morgan fingerprint density at radius 2 is 2.17 bits per heavy atom. The van der Waals surface area contributed by atoms with Crippen LogP contribution in [-0.2, 0) is 13.0 Å². The van der Waals surface area contributed by atoms with E-state index in [0.717, 1.165) is 36.1 Å². The van der Waals surface area contributed by atoms with Crippen LogP contribution in [0.1, 0.15) is 31.5 Å². The van der Waals surface area contributed by atoms with Gasteiger partial charge in [-0.2, -0.15) is 4.98 Å². The molecule has 0 fully saturated rings. The lowest BCUT2D eigenvalue weighted by Crippen LogP contribution is -2.23. The van der Waals surface area contributed by atoms with E-state index in [2.05, 4.69) is 15.0 Å². The van der Waals surface area contributed by atoms with Gasteiger partial charge in [0.05, 0.1) is 23.5 Å². The highest BCUT2D eigenvalue weighted by atomic mass is 16.3. The number of para-hydroxylation sites is 2. The number of hydrogen-bond acceptors (Lipinski definition) is 5. The van der Waals surface area contributed by atoms with Crippen LogP contribution in [0.4, 0.5) is 0 Å². The number of rotatable bonds is 3. The summed E-state index contributed by atoms with van der Waals surface area (Å²) in [6.07, 6.45) is 8.15. The van der Waals surface area contributed by atoms with Gasteiger partial charge in [0, 0.05) is 20.3 Å². The van der Waals surface area contributed by atoms with Gasteiger partial charge in [-0.1, -0.05) is 12.1 Å². The Kier molecular flexibility index (Phi) is 3.46. The van der Waals surface area contributed by atoms with Crippen molar-refractivity contribution in [3.05, 3.63) is 70.9 Å². The van der Waals surface area contributed by atoms with Gasteiger partial charge in [-0.25, -0.2) is 14.8 Å². The van der Waals surface area contributed by atoms with E-state index in [9.17, 15) is 4.79 Å². The van der Waals surface area contributed by atoms with Gasteiger partial charge < -0.3 is 9.40 Å². The van der Waals surface area contributed by atoms with Crippen molar-refractivity contribution < 1.29 is 5.84 Å². The molecule has 1 aromatic carbocycles. The number of benzene rings is 1. The molecule has 0 saturated heterocycles. The molecule has 5 aromatic rings.